The van der Waals surface area contributed by atoms with E-state index in [1.165, 1.54) is 0 Å². The number of rotatable bonds is 1. The zero-order chi connectivity index (χ0) is 12.5. The predicted octanol–water partition coefficient (Wildman–Crippen LogP) is 2.47. The first-order chi connectivity index (χ1) is 8.74. The summed E-state index contributed by atoms with van der Waals surface area (Å²) in [5.41, 5.74) is 2.47. The summed E-state index contributed by atoms with van der Waals surface area (Å²) in [4.78, 5) is 23.6. The first-order valence-corrected chi connectivity index (χ1v) is 6.77. The molecule has 0 spiro atoms. The highest BCUT2D eigenvalue weighted by Crippen LogP contribution is 2.19. The van der Waals surface area contributed by atoms with Crippen LogP contribution in [0.2, 0.25) is 0 Å². The van der Waals surface area contributed by atoms with Gasteiger partial charge in [-0.25, -0.2) is 4.98 Å². The van der Waals surface area contributed by atoms with Gasteiger partial charge in [0.2, 0.25) is 0 Å². The number of halogens is 1. The third kappa shape index (κ3) is 2.10. The lowest BCUT2D eigenvalue weighted by molar-refractivity contribution is 0.657. The van der Waals surface area contributed by atoms with Gasteiger partial charge in [0.1, 0.15) is 5.69 Å². The third-order valence-electron chi connectivity index (χ3n) is 3.16. The molecule has 5 heteroatoms. The molecule has 0 amide bonds. The molecule has 0 aliphatic heterocycles. The Labute approximate surface area is 113 Å². The minimum atomic E-state index is -0.0144. The van der Waals surface area contributed by atoms with Crippen LogP contribution in [0.5, 0.6) is 0 Å². The Kier molecular flexibility index (Phi) is 2.99. The quantitative estimate of drug-likeness (QED) is 0.880. The second kappa shape index (κ2) is 4.65. The summed E-state index contributed by atoms with van der Waals surface area (Å²) in [6.45, 7) is 0. The van der Waals surface area contributed by atoms with Crippen molar-refractivity contribution in [3.05, 3.63) is 44.4 Å². The summed E-state index contributed by atoms with van der Waals surface area (Å²) in [5, 5.41) is 0. The highest BCUT2D eigenvalue weighted by atomic mass is 79.9. The van der Waals surface area contributed by atoms with Crippen LogP contribution in [-0.4, -0.2) is 15.0 Å². The fourth-order valence-corrected chi connectivity index (χ4v) is 2.48. The monoisotopic (exact) mass is 305 g/mol. The van der Waals surface area contributed by atoms with E-state index in [0.29, 0.717) is 11.5 Å². The van der Waals surface area contributed by atoms with Gasteiger partial charge in [-0.3, -0.25) is 9.78 Å². The number of aromatic nitrogens is 3. The van der Waals surface area contributed by atoms with E-state index in [2.05, 4.69) is 30.9 Å². The van der Waals surface area contributed by atoms with Crippen LogP contribution in [-0.2, 0) is 12.8 Å². The Hall–Kier alpha value is -1.49. The lowest BCUT2D eigenvalue weighted by Gasteiger charge is -2.14. The van der Waals surface area contributed by atoms with Gasteiger partial charge < -0.3 is 4.98 Å². The molecule has 0 radical (unpaired) electrons. The van der Waals surface area contributed by atoms with Crippen LogP contribution in [0.25, 0.3) is 11.5 Å². The molecule has 0 fully saturated rings. The molecule has 1 N–H and O–H groups in total. The van der Waals surface area contributed by atoms with Crippen LogP contribution in [0.15, 0.2) is 27.6 Å². The van der Waals surface area contributed by atoms with Gasteiger partial charge in [-0.15, -0.1) is 0 Å². The van der Waals surface area contributed by atoms with Crippen molar-refractivity contribution in [1.82, 2.24) is 15.0 Å². The average Bonchev–Trinajstić information content (AvgIpc) is 2.39. The number of fused-ring (bicyclic) bond motifs is 1. The number of H-pyrrole nitrogens is 1. The smallest absolute Gasteiger partial charge is 0.254 e. The van der Waals surface area contributed by atoms with E-state index in [9.17, 15) is 4.79 Å². The van der Waals surface area contributed by atoms with Crippen molar-refractivity contribution in [1.29, 1.82) is 0 Å². The summed E-state index contributed by atoms with van der Waals surface area (Å²) in [6.07, 6.45) is 5.62. The van der Waals surface area contributed by atoms with Crippen molar-refractivity contribution in [2.24, 2.45) is 0 Å². The number of hydrogen-bond donors (Lipinski definition) is 1. The van der Waals surface area contributed by atoms with E-state index in [1.54, 1.807) is 6.20 Å². The van der Waals surface area contributed by atoms with Gasteiger partial charge in [0, 0.05) is 16.2 Å². The van der Waals surface area contributed by atoms with Gasteiger partial charge in [0.25, 0.3) is 5.56 Å². The minimum absolute atomic E-state index is 0.0144. The molecule has 0 bridgehead atoms. The fourth-order valence-electron chi connectivity index (χ4n) is 2.24. The summed E-state index contributed by atoms with van der Waals surface area (Å²) >= 11 is 3.34. The molecule has 2 aromatic rings. The fraction of sp³-hybridized carbons (Fsp3) is 0.308. The Morgan fingerprint density at radius 2 is 2.06 bits per heavy atom. The Bertz CT molecular complexity index is 634. The Morgan fingerprint density at radius 1 is 1.22 bits per heavy atom. The maximum absolute atomic E-state index is 12.0. The Morgan fingerprint density at radius 3 is 2.83 bits per heavy atom. The van der Waals surface area contributed by atoms with Crippen LogP contribution < -0.4 is 5.56 Å². The van der Waals surface area contributed by atoms with Crippen molar-refractivity contribution >= 4 is 15.9 Å². The van der Waals surface area contributed by atoms with Crippen LogP contribution >= 0.6 is 15.9 Å². The van der Waals surface area contributed by atoms with E-state index >= 15 is 0 Å². The first kappa shape index (κ1) is 11.6. The second-order valence-electron chi connectivity index (χ2n) is 4.41. The normalized spacial score (nSPS) is 14.3. The predicted molar refractivity (Wildman–Crippen MR) is 72.4 cm³/mol. The molecular formula is C13H12BrN3O. The number of pyridine rings is 1. The summed E-state index contributed by atoms with van der Waals surface area (Å²) in [7, 11) is 0. The van der Waals surface area contributed by atoms with Gasteiger partial charge in [-0.05, 0) is 53.7 Å². The molecule has 92 valence electrons. The topological polar surface area (TPSA) is 58.6 Å². The number of aromatic amines is 1. The number of hydrogen-bond acceptors (Lipinski definition) is 3. The molecule has 18 heavy (non-hydrogen) atoms. The van der Waals surface area contributed by atoms with Gasteiger partial charge in [0.15, 0.2) is 5.82 Å². The first-order valence-electron chi connectivity index (χ1n) is 5.98. The molecule has 0 saturated carbocycles. The molecule has 0 unspecified atom stereocenters. The molecule has 3 rings (SSSR count). The molecule has 0 aromatic carbocycles. The zero-order valence-corrected chi connectivity index (χ0v) is 11.3. The summed E-state index contributed by atoms with van der Waals surface area (Å²) < 4.78 is 0.909. The highest BCUT2D eigenvalue weighted by molar-refractivity contribution is 9.10. The zero-order valence-electron chi connectivity index (χ0n) is 9.74. The molecule has 0 saturated heterocycles. The van der Waals surface area contributed by atoms with E-state index in [1.807, 2.05) is 12.1 Å². The lowest BCUT2D eigenvalue weighted by Crippen LogP contribution is -2.21. The maximum Gasteiger partial charge on any atom is 0.254 e. The van der Waals surface area contributed by atoms with Gasteiger partial charge in [-0.1, -0.05) is 0 Å². The van der Waals surface area contributed by atoms with Gasteiger partial charge in [0.05, 0.1) is 5.69 Å². The van der Waals surface area contributed by atoms with Crippen LogP contribution in [0.3, 0.4) is 0 Å². The van der Waals surface area contributed by atoms with Crippen LogP contribution in [0.4, 0.5) is 0 Å². The maximum atomic E-state index is 12.0. The highest BCUT2D eigenvalue weighted by Gasteiger charge is 2.16. The van der Waals surface area contributed by atoms with E-state index in [4.69, 9.17) is 0 Å². The van der Waals surface area contributed by atoms with Crippen molar-refractivity contribution in [2.45, 2.75) is 25.7 Å². The van der Waals surface area contributed by atoms with Crippen molar-refractivity contribution in [3.63, 3.8) is 0 Å². The van der Waals surface area contributed by atoms with Crippen molar-refractivity contribution in [2.75, 3.05) is 0 Å². The molecule has 1 aliphatic rings. The summed E-state index contributed by atoms with van der Waals surface area (Å²) in [5.74, 6) is 0.563. The van der Waals surface area contributed by atoms with E-state index in [0.717, 1.165) is 41.4 Å². The molecule has 1 aliphatic carbocycles. The van der Waals surface area contributed by atoms with E-state index in [-0.39, 0.29) is 5.56 Å². The summed E-state index contributed by atoms with van der Waals surface area (Å²) in [6, 6.07) is 3.74. The SMILES string of the molecule is O=c1[nH]c(-c2ccc(Br)cn2)nc2c1CCCC2. The molecule has 2 aromatic heterocycles. The number of nitrogens with zero attached hydrogens (tertiary/aromatic N) is 2. The Balaban J connectivity index is 2.11. The third-order valence-corrected chi connectivity index (χ3v) is 3.63. The minimum Gasteiger partial charge on any atom is -0.305 e. The average molecular weight is 306 g/mol. The molecule has 0 atom stereocenters. The van der Waals surface area contributed by atoms with Gasteiger partial charge >= 0.3 is 0 Å². The van der Waals surface area contributed by atoms with Crippen molar-refractivity contribution < 1.29 is 0 Å². The standard InChI is InChI=1S/C13H12BrN3O/c14-8-5-6-11(15-7-8)12-16-10-4-2-1-3-9(10)13(18)17-12/h5-7H,1-4H2,(H,16,17,18). The number of nitrogens with one attached hydrogen (secondary N) is 1. The van der Waals surface area contributed by atoms with Gasteiger partial charge in [-0.2, -0.15) is 0 Å². The molecule has 4 nitrogen and oxygen atoms in total. The van der Waals surface area contributed by atoms with Crippen LogP contribution in [0.1, 0.15) is 24.1 Å². The van der Waals surface area contributed by atoms with E-state index < -0.39 is 0 Å². The number of aryl methyl sites for hydroxylation is 1. The molecule has 2 heterocycles. The largest absolute Gasteiger partial charge is 0.305 e. The molecular weight excluding hydrogens is 294 g/mol. The lowest BCUT2D eigenvalue weighted by atomic mass is 9.97. The van der Waals surface area contributed by atoms with Crippen LogP contribution in [0, 0.1) is 0 Å². The second-order valence-corrected chi connectivity index (χ2v) is 5.32. The van der Waals surface area contributed by atoms with Crippen molar-refractivity contribution in [3.8, 4) is 11.5 Å².